The first-order chi connectivity index (χ1) is 8.00. The zero-order valence-electron chi connectivity index (χ0n) is 10.3. The SMILES string of the molecule is CC(C)CNC(=O)CN1CCSCC1C(=O)O. The van der Waals surface area contributed by atoms with Crippen LogP contribution >= 0.6 is 11.8 Å². The van der Waals surface area contributed by atoms with Crippen LogP contribution in [0.2, 0.25) is 0 Å². The molecule has 5 nitrogen and oxygen atoms in total. The van der Waals surface area contributed by atoms with E-state index in [0.717, 1.165) is 5.75 Å². The molecule has 1 amide bonds. The number of amides is 1. The van der Waals surface area contributed by atoms with Crippen LogP contribution in [0.5, 0.6) is 0 Å². The van der Waals surface area contributed by atoms with Crippen LogP contribution in [0.1, 0.15) is 13.8 Å². The second kappa shape index (κ2) is 6.86. The molecule has 2 N–H and O–H groups in total. The molecule has 1 fully saturated rings. The molecule has 1 aliphatic heterocycles. The van der Waals surface area contributed by atoms with Gasteiger partial charge in [0.05, 0.1) is 6.54 Å². The van der Waals surface area contributed by atoms with Crippen molar-refractivity contribution in [3.63, 3.8) is 0 Å². The second-order valence-electron chi connectivity index (χ2n) is 4.60. The van der Waals surface area contributed by atoms with Crippen molar-refractivity contribution in [1.29, 1.82) is 0 Å². The van der Waals surface area contributed by atoms with Gasteiger partial charge in [0.25, 0.3) is 0 Å². The molecule has 98 valence electrons. The van der Waals surface area contributed by atoms with Crippen LogP contribution in [0, 0.1) is 5.92 Å². The highest BCUT2D eigenvalue weighted by Crippen LogP contribution is 2.16. The van der Waals surface area contributed by atoms with E-state index < -0.39 is 12.0 Å². The Hall–Kier alpha value is -0.750. The van der Waals surface area contributed by atoms with Crippen LogP contribution in [0.4, 0.5) is 0 Å². The third-order valence-corrected chi connectivity index (χ3v) is 3.60. The van der Waals surface area contributed by atoms with Crippen molar-refractivity contribution in [1.82, 2.24) is 10.2 Å². The molecule has 1 aliphatic rings. The average molecular weight is 260 g/mol. The fourth-order valence-electron chi connectivity index (χ4n) is 1.61. The van der Waals surface area contributed by atoms with E-state index in [-0.39, 0.29) is 12.5 Å². The summed E-state index contributed by atoms with van der Waals surface area (Å²) in [5, 5.41) is 11.9. The lowest BCUT2D eigenvalue weighted by atomic mass is 10.2. The zero-order chi connectivity index (χ0) is 12.8. The number of nitrogens with one attached hydrogen (secondary N) is 1. The van der Waals surface area contributed by atoms with Crippen molar-refractivity contribution in [2.45, 2.75) is 19.9 Å². The fourth-order valence-corrected chi connectivity index (χ4v) is 2.72. The van der Waals surface area contributed by atoms with Crippen molar-refractivity contribution in [3.8, 4) is 0 Å². The first kappa shape index (κ1) is 14.3. The number of thioether (sulfide) groups is 1. The predicted octanol–water partition coefficient (Wildman–Crippen LogP) is 0.261. The van der Waals surface area contributed by atoms with E-state index in [4.69, 9.17) is 5.11 Å². The Bertz CT molecular complexity index is 284. The van der Waals surface area contributed by atoms with E-state index >= 15 is 0 Å². The van der Waals surface area contributed by atoms with Crippen LogP contribution in [0.3, 0.4) is 0 Å². The molecule has 0 aromatic heterocycles. The van der Waals surface area contributed by atoms with Crippen LogP contribution in [0.15, 0.2) is 0 Å². The molecule has 0 bridgehead atoms. The van der Waals surface area contributed by atoms with Gasteiger partial charge in [0.15, 0.2) is 0 Å². The minimum atomic E-state index is -0.839. The summed E-state index contributed by atoms with van der Waals surface area (Å²) in [7, 11) is 0. The molecular formula is C11H20N2O3S. The summed E-state index contributed by atoms with van der Waals surface area (Å²) in [6, 6.07) is -0.529. The average Bonchev–Trinajstić information content (AvgIpc) is 2.27. The van der Waals surface area contributed by atoms with Gasteiger partial charge in [0, 0.05) is 24.6 Å². The molecule has 1 unspecified atom stereocenters. The van der Waals surface area contributed by atoms with E-state index in [9.17, 15) is 9.59 Å². The standard InChI is InChI=1S/C11H20N2O3S/c1-8(2)5-12-10(14)6-13-3-4-17-7-9(13)11(15)16/h8-9H,3-7H2,1-2H3,(H,12,14)(H,15,16). The maximum absolute atomic E-state index is 11.6. The third kappa shape index (κ3) is 4.95. The van der Waals surface area contributed by atoms with Crippen LogP contribution in [-0.4, -0.2) is 59.1 Å². The van der Waals surface area contributed by atoms with Crippen molar-refractivity contribution in [2.24, 2.45) is 5.92 Å². The first-order valence-corrected chi connectivity index (χ1v) is 6.97. The quantitative estimate of drug-likeness (QED) is 0.742. The smallest absolute Gasteiger partial charge is 0.321 e. The molecule has 1 atom stereocenters. The number of nitrogens with zero attached hydrogens (tertiary/aromatic N) is 1. The number of hydrogen-bond acceptors (Lipinski definition) is 4. The molecular weight excluding hydrogens is 240 g/mol. The Morgan fingerprint density at radius 2 is 2.24 bits per heavy atom. The predicted molar refractivity (Wildman–Crippen MR) is 68.2 cm³/mol. The lowest BCUT2D eigenvalue weighted by Crippen LogP contribution is -2.51. The minimum absolute atomic E-state index is 0.0862. The molecule has 1 rings (SSSR count). The zero-order valence-corrected chi connectivity index (χ0v) is 11.1. The van der Waals surface area contributed by atoms with Gasteiger partial charge in [-0.05, 0) is 5.92 Å². The van der Waals surface area contributed by atoms with E-state index in [1.807, 2.05) is 13.8 Å². The Labute approximate surface area is 106 Å². The van der Waals surface area contributed by atoms with Gasteiger partial charge in [-0.25, -0.2) is 0 Å². The second-order valence-corrected chi connectivity index (χ2v) is 5.75. The van der Waals surface area contributed by atoms with Gasteiger partial charge in [-0.15, -0.1) is 0 Å². The third-order valence-electron chi connectivity index (χ3n) is 2.58. The molecule has 0 aliphatic carbocycles. The highest BCUT2D eigenvalue weighted by Gasteiger charge is 2.29. The van der Waals surface area contributed by atoms with Gasteiger partial charge in [-0.3, -0.25) is 14.5 Å². The summed E-state index contributed by atoms with van der Waals surface area (Å²) in [5.41, 5.74) is 0. The maximum atomic E-state index is 11.6. The summed E-state index contributed by atoms with van der Waals surface area (Å²) in [6.45, 7) is 5.54. The summed E-state index contributed by atoms with van der Waals surface area (Å²) >= 11 is 1.63. The molecule has 1 saturated heterocycles. The normalized spacial score (nSPS) is 21.5. The Kier molecular flexibility index (Phi) is 5.77. The molecule has 0 spiro atoms. The molecule has 0 aromatic rings. The van der Waals surface area contributed by atoms with Gasteiger partial charge in [-0.1, -0.05) is 13.8 Å². The van der Waals surface area contributed by atoms with E-state index in [1.54, 1.807) is 16.7 Å². The van der Waals surface area contributed by atoms with Gasteiger partial charge in [-0.2, -0.15) is 11.8 Å². The van der Waals surface area contributed by atoms with Crippen LogP contribution in [0.25, 0.3) is 0 Å². The molecule has 6 heteroatoms. The summed E-state index contributed by atoms with van der Waals surface area (Å²) in [6.07, 6.45) is 0. The summed E-state index contributed by atoms with van der Waals surface area (Å²) < 4.78 is 0. The Morgan fingerprint density at radius 1 is 1.53 bits per heavy atom. The first-order valence-electron chi connectivity index (χ1n) is 5.82. The van der Waals surface area contributed by atoms with E-state index in [1.165, 1.54) is 0 Å². The monoisotopic (exact) mass is 260 g/mol. The van der Waals surface area contributed by atoms with Crippen LogP contribution in [-0.2, 0) is 9.59 Å². The largest absolute Gasteiger partial charge is 0.480 e. The Morgan fingerprint density at radius 3 is 2.82 bits per heavy atom. The van der Waals surface area contributed by atoms with Crippen molar-refractivity contribution in [2.75, 3.05) is 31.1 Å². The highest BCUT2D eigenvalue weighted by molar-refractivity contribution is 7.99. The number of carboxylic acid groups (broad SMARTS) is 1. The topological polar surface area (TPSA) is 69.6 Å². The van der Waals surface area contributed by atoms with Gasteiger partial charge in [0.1, 0.15) is 6.04 Å². The van der Waals surface area contributed by atoms with Gasteiger partial charge in [0.2, 0.25) is 5.91 Å². The van der Waals surface area contributed by atoms with Gasteiger partial charge >= 0.3 is 5.97 Å². The van der Waals surface area contributed by atoms with Crippen LogP contribution < -0.4 is 5.32 Å². The van der Waals surface area contributed by atoms with E-state index in [0.29, 0.717) is 24.8 Å². The lowest BCUT2D eigenvalue weighted by molar-refractivity contribution is -0.143. The number of carboxylic acids is 1. The molecule has 17 heavy (non-hydrogen) atoms. The number of aliphatic carboxylic acids is 1. The molecule has 0 saturated carbocycles. The minimum Gasteiger partial charge on any atom is -0.480 e. The van der Waals surface area contributed by atoms with Crippen molar-refractivity contribution in [3.05, 3.63) is 0 Å². The van der Waals surface area contributed by atoms with E-state index in [2.05, 4.69) is 5.32 Å². The molecule has 0 radical (unpaired) electrons. The van der Waals surface area contributed by atoms with Gasteiger partial charge < -0.3 is 10.4 Å². The number of rotatable bonds is 5. The van der Waals surface area contributed by atoms with Crippen molar-refractivity contribution >= 4 is 23.6 Å². The molecule has 0 aromatic carbocycles. The van der Waals surface area contributed by atoms with Crippen molar-refractivity contribution < 1.29 is 14.7 Å². The summed E-state index contributed by atoms with van der Waals surface area (Å²) in [4.78, 5) is 24.4. The number of hydrogen-bond donors (Lipinski definition) is 2. The number of carbonyl (C=O) groups excluding carboxylic acids is 1. The Balaban J connectivity index is 2.42. The summed E-state index contributed by atoms with van der Waals surface area (Å²) in [5.74, 6) is 0.936. The number of carbonyl (C=O) groups is 2. The fraction of sp³-hybridized carbons (Fsp3) is 0.818. The molecule has 1 heterocycles. The highest BCUT2D eigenvalue weighted by atomic mass is 32.2. The lowest BCUT2D eigenvalue weighted by Gasteiger charge is -2.31. The maximum Gasteiger partial charge on any atom is 0.321 e.